The zero-order chi connectivity index (χ0) is 16.9. The van der Waals surface area contributed by atoms with Crippen LogP contribution in [0.15, 0.2) is 0 Å². The van der Waals surface area contributed by atoms with E-state index < -0.39 is 18.2 Å². The Bertz CT molecular complexity index is 392. The van der Waals surface area contributed by atoms with Gasteiger partial charge in [-0.3, -0.25) is 4.55 Å². The van der Waals surface area contributed by atoms with Gasteiger partial charge in [-0.25, -0.2) is 0 Å². The molecule has 0 saturated heterocycles. The second kappa shape index (κ2) is 8.11. The van der Waals surface area contributed by atoms with Crippen molar-refractivity contribution in [2.45, 2.75) is 96.3 Å². The van der Waals surface area contributed by atoms with Crippen LogP contribution in [0.4, 0.5) is 0 Å². The quantitative estimate of drug-likeness (QED) is 0.325. The third-order valence-corrected chi connectivity index (χ3v) is 14.3. The normalized spacial score (nSPS) is 14.2. The van der Waals surface area contributed by atoms with Crippen molar-refractivity contribution in [2.75, 3.05) is 5.75 Å². The summed E-state index contributed by atoms with van der Waals surface area (Å²) in [4.78, 5) is 0. The Labute approximate surface area is 133 Å². The fourth-order valence-corrected chi connectivity index (χ4v) is 13.1. The van der Waals surface area contributed by atoms with Gasteiger partial charge in [0.1, 0.15) is 0 Å². The van der Waals surface area contributed by atoms with E-state index in [0.717, 1.165) is 12.5 Å². The molecule has 0 radical (unpaired) electrons. The molecule has 128 valence electrons. The van der Waals surface area contributed by atoms with E-state index in [2.05, 4.69) is 48.5 Å². The molecule has 1 N–H and O–H groups in total. The molecule has 0 spiro atoms. The molecule has 0 aliphatic rings. The third kappa shape index (κ3) is 5.68. The summed E-state index contributed by atoms with van der Waals surface area (Å²) in [6.07, 6.45) is 3.94. The average molecular weight is 337 g/mol. The van der Waals surface area contributed by atoms with Gasteiger partial charge >= 0.3 is 0 Å². The van der Waals surface area contributed by atoms with Gasteiger partial charge in [0.15, 0.2) is 0 Å². The van der Waals surface area contributed by atoms with E-state index in [1.165, 1.54) is 12.8 Å². The first-order valence-electron chi connectivity index (χ1n) is 8.36. The summed E-state index contributed by atoms with van der Waals surface area (Å²) in [6.45, 7) is 16.5. The molecule has 0 saturated carbocycles. The molecule has 3 nitrogen and oxygen atoms in total. The highest BCUT2D eigenvalue weighted by Crippen LogP contribution is 2.55. The Kier molecular flexibility index (Phi) is 8.16. The second-order valence-corrected chi connectivity index (χ2v) is 15.5. The van der Waals surface area contributed by atoms with Gasteiger partial charge < -0.3 is 0 Å². The molecule has 0 atom stereocenters. The van der Waals surface area contributed by atoms with E-state index in [4.69, 9.17) is 4.55 Å². The first-order chi connectivity index (χ1) is 9.40. The van der Waals surface area contributed by atoms with E-state index in [1.54, 1.807) is 0 Å². The standard InChI is InChI=1S/C16H36O3SSi/c1-8-11-16(6,7)21(14(2)3,15(4)5)13-10-9-12-20(17,18)19/h14-15H,8-13H2,1-7H3,(H,17,18,19). The van der Waals surface area contributed by atoms with E-state index in [-0.39, 0.29) is 5.75 Å². The predicted octanol–water partition coefficient (Wildman–Crippen LogP) is 5.50. The largest absolute Gasteiger partial charge is 0.286 e. The number of rotatable bonds is 10. The number of hydrogen-bond donors (Lipinski definition) is 1. The lowest BCUT2D eigenvalue weighted by Crippen LogP contribution is -2.50. The Hall–Kier alpha value is 0.127. The van der Waals surface area contributed by atoms with Gasteiger partial charge in [-0.1, -0.05) is 84.9 Å². The summed E-state index contributed by atoms with van der Waals surface area (Å²) in [5.74, 6) is -0.0954. The van der Waals surface area contributed by atoms with Gasteiger partial charge in [-0.15, -0.1) is 0 Å². The van der Waals surface area contributed by atoms with Crippen molar-refractivity contribution in [3.05, 3.63) is 0 Å². The number of hydrogen-bond acceptors (Lipinski definition) is 2. The predicted molar refractivity (Wildman–Crippen MR) is 95.4 cm³/mol. The molecule has 0 unspecified atom stereocenters. The summed E-state index contributed by atoms with van der Waals surface area (Å²) in [7, 11) is -5.38. The molecule has 0 amide bonds. The molecule has 0 aliphatic heterocycles. The van der Waals surface area contributed by atoms with Crippen molar-refractivity contribution in [1.82, 2.24) is 0 Å². The van der Waals surface area contributed by atoms with Gasteiger partial charge in [-0.05, 0) is 11.5 Å². The lowest BCUT2D eigenvalue weighted by molar-refractivity contribution is 0.480. The molecule has 0 aliphatic carbocycles. The Balaban J connectivity index is 5.15. The monoisotopic (exact) mass is 336 g/mol. The van der Waals surface area contributed by atoms with Gasteiger partial charge in [0, 0.05) is 0 Å². The van der Waals surface area contributed by atoms with Gasteiger partial charge in [0.25, 0.3) is 10.1 Å². The first-order valence-corrected chi connectivity index (χ1v) is 12.3. The zero-order valence-corrected chi connectivity index (χ0v) is 16.9. The van der Waals surface area contributed by atoms with E-state index in [1.807, 2.05) is 0 Å². The molecule has 0 rings (SSSR count). The molecule has 0 fully saturated rings. The highest BCUT2D eigenvalue weighted by atomic mass is 32.2. The van der Waals surface area contributed by atoms with Gasteiger partial charge in [0.2, 0.25) is 0 Å². The van der Waals surface area contributed by atoms with Crippen LogP contribution in [0.5, 0.6) is 0 Å². The Morgan fingerprint density at radius 1 is 1.05 bits per heavy atom. The van der Waals surface area contributed by atoms with Crippen LogP contribution in [0.2, 0.25) is 22.2 Å². The minimum absolute atomic E-state index is 0.0954. The van der Waals surface area contributed by atoms with Crippen LogP contribution in [-0.4, -0.2) is 26.8 Å². The van der Waals surface area contributed by atoms with E-state index in [0.29, 0.717) is 22.5 Å². The second-order valence-electron chi connectivity index (χ2n) is 7.73. The maximum atomic E-state index is 10.9. The van der Waals surface area contributed by atoms with Crippen molar-refractivity contribution in [1.29, 1.82) is 0 Å². The Morgan fingerprint density at radius 2 is 1.52 bits per heavy atom. The van der Waals surface area contributed by atoms with E-state index in [9.17, 15) is 8.42 Å². The van der Waals surface area contributed by atoms with Gasteiger partial charge in [-0.2, -0.15) is 8.42 Å². The SMILES string of the molecule is CCCC(C)(C)[Si](CCCCS(=O)(=O)O)(C(C)C)C(C)C. The topological polar surface area (TPSA) is 54.4 Å². The smallest absolute Gasteiger partial charge is 0.264 e. The van der Waals surface area contributed by atoms with Crippen LogP contribution < -0.4 is 0 Å². The van der Waals surface area contributed by atoms with Crippen LogP contribution in [-0.2, 0) is 10.1 Å². The maximum Gasteiger partial charge on any atom is 0.264 e. The van der Waals surface area contributed by atoms with Crippen LogP contribution in [0.1, 0.15) is 74.1 Å². The minimum Gasteiger partial charge on any atom is -0.286 e. The first kappa shape index (κ1) is 21.1. The van der Waals surface area contributed by atoms with Gasteiger partial charge in [0.05, 0.1) is 13.8 Å². The van der Waals surface area contributed by atoms with Crippen molar-refractivity contribution in [2.24, 2.45) is 0 Å². The lowest BCUT2D eigenvalue weighted by atomic mass is 10.1. The molecule has 0 heterocycles. The van der Waals surface area contributed by atoms with Crippen LogP contribution in [0.3, 0.4) is 0 Å². The van der Waals surface area contributed by atoms with Crippen LogP contribution in [0.25, 0.3) is 0 Å². The number of unbranched alkanes of at least 4 members (excludes halogenated alkanes) is 1. The average Bonchev–Trinajstić information content (AvgIpc) is 2.25. The minimum atomic E-state index is -3.81. The third-order valence-electron chi connectivity index (χ3n) is 5.44. The molecular formula is C16H36O3SSi. The van der Waals surface area contributed by atoms with Crippen molar-refractivity contribution in [3.8, 4) is 0 Å². The molecule has 0 aromatic heterocycles. The molecule has 5 heteroatoms. The van der Waals surface area contributed by atoms with E-state index >= 15 is 0 Å². The molecule has 0 aromatic carbocycles. The molecule has 0 bridgehead atoms. The van der Waals surface area contributed by atoms with Crippen molar-refractivity contribution >= 4 is 18.2 Å². The van der Waals surface area contributed by atoms with Crippen LogP contribution in [0, 0.1) is 0 Å². The fourth-order valence-electron chi connectivity index (χ4n) is 4.71. The highest BCUT2D eigenvalue weighted by molar-refractivity contribution is 7.85. The molecule has 0 aromatic rings. The molecular weight excluding hydrogens is 300 g/mol. The summed E-state index contributed by atoms with van der Waals surface area (Å²) >= 11 is 0. The Morgan fingerprint density at radius 3 is 1.86 bits per heavy atom. The summed E-state index contributed by atoms with van der Waals surface area (Å²) in [6, 6.07) is 1.16. The fraction of sp³-hybridized carbons (Fsp3) is 1.00. The summed E-state index contributed by atoms with van der Waals surface area (Å²) in [5.41, 5.74) is 1.37. The highest BCUT2D eigenvalue weighted by Gasteiger charge is 2.50. The summed E-state index contributed by atoms with van der Waals surface area (Å²) in [5, 5.41) is 0.363. The lowest BCUT2D eigenvalue weighted by Gasteiger charge is -2.52. The maximum absolute atomic E-state index is 10.9. The molecule has 21 heavy (non-hydrogen) atoms. The summed E-state index contributed by atoms with van der Waals surface area (Å²) < 4.78 is 30.7. The van der Waals surface area contributed by atoms with Crippen molar-refractivity contribution < 1.29 is 13.0 Å². The zero-order valence-electron chi connectivity index (χ0n) is 15.1. The van der Waals surface area contributed by atoms with Crippen molar-refractivity contribution in [3.63, 3.8) is 0 Å². The van der Waals surface area contributed by atoms with Crippen LogP contribution >= 0.6 is 0 Å².